The molecule has 172 valence electrons. The number of piperidine rings is 1. The normalized spacial score (nSPS) is 21.8. The van der Waals surface area contributed by atoms with E-state index in [2.05, 4.69) is 4.90 Å². The Morgan fingerprint density at radius 1 is 0.968 bits per heavy atom. The average Bonchev–Trinajstić information content (AvgIpc) is 2.84. The highest BCUT2D eigenvalue weighted by Crippen LogP contribution is 2.31. The first-order chi connectivity index (χ1) is 15.0. The van der Waals surface area contributed by atoms with Crippen molar-refractivity contribution >= 4 is 21.6 Å². The van der Waals surface area contributed by atoms with Gasteiger partial charge in [-0.2, -0.15) is 4.31 Å². The van der Waals surface area contributed by atoms with Crippen LogP contribution in [-0.2, 0) is 14.8 Å². The van der Waals surface area contributed by atoms with Crippen molar-refractivity contribution in [3.8, 4) is 0 Å². The standard InChI is InChI=1S/C23H35N3O4S/c1-24(19-8-4-2-5-9-19)23(27)21-18-20(31(28,29)26-14-16-30-17-15-26)10-11-22(21)25-12-6-3-7-13-25/h10-11,18-19H,2-9,12-17H2,1H3. The first-order valence-corrected chi connectivity index (χ1v) is 13.2. The van der Waals surface area contributed by atoms with Crippen LogP contribution in [0.5, 0.6) is 0 Å². The van der Waals surface area contributed by atoms with Gasteiger partial charge in [-0.25, -0.2) is 8.42 Å². The van der Waals surface area contributed by atoms with Crippen molar-refractivity contribution in [2.24, 2.45) is 0 Å². The number of hydrogen-bond donors (Lipinski definition) is 0. The molecular weight excluding hydrogens is 414 g/mol. The predicted octanol–water partition coefficient (Wildman–Crippen LogP) is 3.10. The second kappa shape index (κ2) is 9.88. The fourth-order valence-electron chi connectivity index (χ4n) is 5.02. The summed E-state index contributed by atoms with van der Waals surface area (Å²) >= 11 is 0. The second-order valence-corrected chi connectivity index (χ2v) is 10.9. The van der Waals surface area contributed by atoms with Gasteiger partial charge in [0.15, 0.2) is 0 Å². The minimum Gasteiger partial charge on any atom is -0.379 e. The SMILES string of the molecule is CN(C(=O)c1cc(S(=O)(=O)N2CCOCC2)ccc1N1CCCCC1)C1CCCCC1. The molecule has 2 aliphatic heterocycles. The Labute approximate surface area is 186 Å². The van der Waals surface area contributed by atoms with E-state index in [1.807, 2.05) is 18.0 Å². The number of morpholine rings is 1. The van der Waals surface area contributed by atoms with Crippen LogP contribution >= 0.6 is 0 Å². The van der Waals surface area contributed by atoms with Crippen molar-refractivity contribution in [1.82, 2.24) is 9.21 Å². The monoisotopic (exact) mass is 449 g/mol. The van der Waals surface area contributed by atoms with Crippen molar-refractivity contribution in [3.05, 3.63) is 23.8 Å². The van der Waals surface area contributed by atoms with Crippen molar-refractivity contribution < 1.29 is 17.9 Å². The zero-order valence-corrected chi connectivity index (χ0v) is 19.4. The molecule has 1 aromatic rings. The number of carbonyl (C=O) groups is 1. The maximum Gasteiger partial charge on any atom is 0.255 e. The molecule has 0 unspecified atom stereocenters. The van der Waals surface area contributed by atoms with Crippen LogP contribution in [0, 0.1) is 0 Å². The number of carbonyl (C=O) groups excluding carboxylic acids is 1. The Bertz CT molecular complexity index is 871. The molecule has 0 bridgehead atoms. The molecule has 3 fully saturated rings. The van der Waals surface area contributed by atoms with E-state index in [0.717, 1.165) is 57.3 Å². The molecule has 0 N–H and O–H groups in total. The van der Waals surface area contributed by atoms with Gasteiger partial charge in [0.1, 0.15) is 0 Å². The van der Waals surface area contributed by atoms with Gasteiger partial charge < -0.3 is 14.5 Å². The number of rotatable bonds is 5. The summed E-state index contributed by atoms with van der Waals surface area (Å²) < 4.78 is 33.3. The number of nitrogens with zero attached hydrogens (tertiary/aromatic N) is 3. The Kier molecular flexibility index (Phi) is 7.19. The zero-order valence-electron chi connectivity index (χ0n) is 18.6. The molecule has 0 radical (unpaired) electrons. The number of anilines is 1. The molecular formula is C23H35N3O4S. The summed E-state index contributed by atoms with van der Waals surface area (Å²) in [6, 6.07) is 5.37. The minimum atomic E-state index is -3.65. The molecule has 0 aromatic heterocycles. The minimum absolute atomic E-state index is 0.0634. The van der Waals surface area contributed by atoms with Gasteiger partial charge >= 0.3 is 0 Å². The fourth-order valence-corrected chi connectivity index (χ4v) is 6.45. The molecule has 7 nitrogen and oxygen atoms in total. The van der Waals surface area contributed by atoms with Gasteiger partial charge in [-0.3, -0.25) is 4.79 Å². The maximum atomic E-state index is 13.6. The van der Waals surface area contributed by atoms with E-state index in [1.54, 1.807) is 12.1 Å². The van der Waals surface area contributed by atoms with Crippen LogP contribution in [-0.4, -0.2) is 76.0 Å². The lowest BCUT2D eigenvalue weighted by Crippen LogP contribution is -2.41. The molecule has 2 saturated heterocycles. The van der Waals surface area contributed by atoms with Gasteiger partial charge in [-0.05, 0) is 50.3 Å². The van der Waals surface area contributed by atoms with Gasteiger partial charge in [0.25, 0.3) is 5.91 Å². The molecule has 3 aliphatic rings. The number of sulfonamides is 1. The third-order valence-electron chi connectivity index (χ3n) is 6.95. The van der Waals surface area contributed by atoms with E-state index >= 15 is 0 Å². The van der Waals surface area contributed by atoms with E-state index in [9.17, 15) is 13.2 Å². The lowest BCUT2D eigenvalue weighted by molar-refractivity contribution is 0.0696. The maximum absolute atomic E-state index is 13.6. The third-order valence-corrected chi connectivity index (χ3v) is 8.84. The van der Waals surface area contributed by atoms with E-state index in [-0.39, 0.29) is 16.8 Å². The summed E-state index contributed by atoms with van der Waals surface area (Å²) in [6.07, 6.45) is 8.95. The topological polar surface area (TPSA) is 70.2 Å². The first-order valence-electron chi connectivity index (χ1n) is 11.7. The van der Waals surface area contributed by atoms with Gasteiger partial charge in [0.05, 0.1) is 23.7 Å². The summed E-state index contributed by atoms with van der Waals surface area (Å²) in [6.45, 7) is 3.32. The van der Waals surface area contributed by atoms with Gasteiger partial charge in [0, 0.05) is 45.0 Å². The van der Waals surface area contributed by atoms with E-state index in [4.69, 9.17) is 4.74 Å². The fraction of sp³-hybridized carbons (Fsp3) is 0.696. The lowest BCUT2D eigenvalue weighted by Gasteiger charge is -2.34. The van der Waals surface area contributed by atoms with Gasteiger partial charge in [-0.15, -0.1) is 0 Å². The van der Waals surface area contributed by atoms with Crippen LogP contribution in [0.15, 0.2) is 23.1 Å². The second-order valence-electron chi connectivity index (χ2n) is 8.95. The summed E-state index contributed by atoms with van der Waals surface area (Å²) in [5, 5.41) is 0. The Morgan fingerprint density at radius 2 is 1.61 bits per heavy atom. The smallest absolute Gasteiger partial charge is 0.255 e. The highest BCUT2D eigenvalue weighted by atomic mass is 32.2. The Hall–Kier alpha value is -1.64. The number of hydrogen-bond acceptors (Lipinski definition) is 5. The largest absolute Gasteiger partial charge is 0.379 e. The van der Waals surface area contributed by atoms with Crippen molar-refractivity contribution in [3.63, 3.8) is 0 Å². The van der Waals surface area contributed by atoms with Gasteiger partial charge in [0.2, 0.25) is 10.0 Å². The third kappa shape index (κ3) is 4.91. The molecule has 0 spiro atoms. The zero-order chi connectivity index (χ0) is 21.8. The van der Waals surface area contributed by atoms with Gasteiger partial charge in [-0.1, -0.05) is 19.3 Å². The number of benzene rings is 1. The van der Waals surface area contributed by atoms with Crippen molar-refractivity contribution in [2.45, 2.75) is 62.3 Å². The number of amides is 1. The number of ether oxygens (including phenoxy) is 1. The summed E-state index contributed by atoms with van der Waals surface area (Å²) in [5.74, 6) is -0.0634. The Balaban J connectivity index is 1.68. The van der Waals surface area contributed by atoms with Crippen LogP contribution in [0.1, 0.15) is 61.7 Å². The van der Waals surface area contributed by atoms with Crippen molar-refractivity contribution in [2.75, 3.05) is 51.3 Å². The molecule has 1 amide bonds. The summed E-state index contributed by atoms with van der Waals surface area (Å²) in [5.41, 5.74) is 1.39. The molecule has 2 heterocycles. The average molecular weight is 450 g/mol. The van der Waals surface area contributed by atoms with E-state index < -0.39 is 10.0 Å². The van der Waals surface area contributed by atoms with Crippen LogP contribution in [0.25, 0.3) is 0 Å². The van der Waals surface area contributed by atoms with Crippen molar-refractivity contribution in [1.29, 1.82) is 0 Å². The van der Waals surface area contributed by atoms with Crippen LogP contribution in [0.3, 0.4) is 0 Å². The van der Waals surface area contributed by atoms with Crippen LogP contribution in [0.2, 0.25) is 0 Å². The molecule has 1 aromatic carbocycles. The van der Waals surface area contributed by atoms with Crippen LogP contribution < -0.4 is 4.90 Å². The lowest BCUT2D eigenvalue weighted by atomic mass is 9.94. The summed E-state index contributed by atoms with van der Waals surface area (Å²) in [4.78, 5) is 17.9. The molecule has 4 rings (SSSR count). The molecule has 31 heavy (non-hydrogen) atoms. The van der Waals surface area contributed by atoms with Crippen LogP contribution in [0.4, 0.5) is 5.69 Å². The quantitative estimate of drug-likeness (QED) is 0.691. The molecule has 1 saturated carbocycles. The molecule has 1 aliphatic carbocycles. The highest BCUT2D eigenvalue weighted by Gasteiger charge is 2.31. The first kappa shape index (κ1) is 22.6. The highest BCUT2D eigenvalue weighted by molar-refractivity contribution is 7.89. The molecule has 8 heteroatoms. The van der Waals surface area contributed by atoms with E-state index in [1.165, 1.54) is 17.1 Å². The predicted molar refractivity (Wildman–Crippen MR) is 121 cm³/mol. The Morgan fingerprint density at radius 3 is 2.29 bits per heavy atom. The summed E-state index contributed by atoms with van der Waals surface area (Å²) in [7, 11) is -1.78. The molecule has 0 atom stereocenters. The van der Waals surface area contributed by atoms with E-state index in [0.29, 0.717) is 31.9 Å².